The van der Waals surface area contributed by atoms with Gasteiger partial charge in [-0.25, -0.2) is 8.78 Å². The number of halogens is 2. The van der Waals surface area contributed by atoms with Crippen LogP contribution in [0, 0.1) is 17.6 Å². The molecule has 11 heteroatoms. The van der Waals surface area contributed by atoms with E-state index in [1.807, 2.05) is 26.0 Å². The van der Waals surface area contributed by atoms with Gasteiger partial charge in [0.15, 0.2) is 5.69 Å². The van der Waals surface area contributed by atoms with Gasteiger partial charge in [0, 0.05) is 18.5 Å². The summed E-state index contributed by atoms with van der Waals surface area (Å²) < 4.78 is 42.6. The van der Waals surface area contributed by atoms with Gasteiger partial charge in [-0.15, -0.1) is 0 Å². The van der Waals surface area contributed by atoms with Crippen LogP contribution in [0.4, 0.5) is 8.78 Å². The van der Waals surface area contributed by atoms with E-state index in [-0.39, 0.29) is 29.9 Å². The number of ether oxygens (including phenoxy) is 2. The maximum absolute atomic E-state index is 15.2. The molecule has 42 heavy (non-hydrogen) atoms. The summed E-state index contributed by atoms with van der Waals surface area (Å²) in [5.74, 6) is -3.12. The number of nitrogens with two attached hydrogens (primary N) is 1. The Bertz CT molecular complexity index is 1530. The van der Waals surface area contributed by atoms with Crippen LogP contribution in [0.15, 0.2) is 47.4 Å². The first-order chi connectivity index (χ1) is 20.0. The van der Waals surface area contributed by atoms with E-state index in [1.165, 1.54) is 16.8 Å². The Morgan fingerprint density at radius 3 is 2.17 bits per heavy atom. The number of carbonyl (C=O) groups is 2. The lowest BCUT2D eigenvalue weighted by Crippen LogP contribution is -2.50. The smallest absolute Gasteiger partial charge is 0.326 e. The molecule has 3 aromatic rings. The zero-order chi connectivity index (χ0) is 30.3. The number of amides is 1. The second-order valence-corrected chi connectivity index (χ2v) is 11.3. The maximum Gasteiger partial charge on any atom is 0.326 e. The number of aromatic nitrogens is 2. The number of rotatable bonds is 7. The second-order valence-electron chi connectivity index (χ2n) is 11.3. The van der Waals surface area contributed by atoms with Crippen molar-refractivity contribution in [2.24, 2.45) is 11.7 Å². The number of fused-ring (bicyclic) bond motifs is 3. The monoisotopic (exact) mass is 580 g/mol. The van der Waals surface area contributed by atoms with Crippen molar-refractivity contribution in [1.29, 1.82) is 0 Å². The number of benzene rings is 2. The lowest BCUT2D eigenvalue weighted by atomic mass is 9.81. The van der Waals surface area contributed by atoms with Crippen LogP contribution in [-0.4, -0.2) is 52.0 Å². The van der Waals surface area contributed by atoms with Crippen molar-refractivity contribution < 1.29 is 27.8 Å². The first kappa shape index (κ1) is 29.4. The van der Waals surface area contributed by atoms with E-state index in [1.54, 1.807) is 30.9 Å². The van der Waals surface area contributed by atoms with E-state index in [9.17, 15) is 14.4 Å². The Morgan fingerprint density at radius 2 is 1.62 bits per heavy atom. The number of hydrogen-bond acceptors (Lipinski definition) is 7. The Balaban J connectivity index is 1.66. The Kier molecular flexibility index (Phi) is 8.14. The molecule has 0 fully saturated rings. The van der Waals surface area contributed by atoms with Gasteiger partial charge in [0.05, 0.1) is 12.2 Å². The summed E-state index contributed by atoms with van der Waals surface area (Å²) >= 11 is 0. The Hall–Kier alpha value is -4.12. The third-order valence-electron chi connectivity index (χ3n) is 8.14. The normalized spacial score (nSPS) is 17.4. The van der Waals surface area contributed by atoms with Crippen molar-refractivity contribution in [2.45, 2.75) is 64.6 Å². The molecule has 2 unspecified atom stereocenters. The fourth-order valence-electron chi connectivity index (χ4n) is 5.84. The highest BCUT2D eigenvalue weighted by Gasteiger charge is 2.43. The predicted molar refractivity (Wildman–Crippen MR) is 150 cm³/mol. The summed E-state index contributed by atoms with van der Waals surface area (Å²) in [6.45, 7) is 6.72. The van der Waals surface area contributed by atoms with Crippen LogP contribution >= 0.6 is 0 Å². The van der Waals surface area contributed by atoms with Crippen LogP contribution in [0.1, 0.15) is 72.4 Å². The molecule has 1 aliphatic carbocycles. The number of hydrogen-bond donors (Lipinski definition) is 1. The third kappa shape index (κ3) is 5.17. The van der Waals surface area contributed by atoms with E-state index in [4.69, 9.17) is 15.2 Å². The molecule has 0 spiro atoms. The fourth-order valence-corrected chi connectivity index (χ4v) is 5.84. The van der Waals surface area contributed by atoms with Crippen LogP contribution in [0.25, 0.3) is 0 Å². The van der Waals surface area contributed by atoms with Crippen LogP contribution < -0.4 is 15.9 Å². The molecule has 2 aliphatic rings. The molecule has 0 bridgehead atoms. The summed E-state index contributed by atoms with van der Waals surface area (Å²) in [7, 11) is 0. The van der Waals surface area contributed by atoms with Gasteiger partial charge < -0.3 is 20.1 Å². The molecule has 2 N–H and O–H groups in total. The molecule has 1 aromatic heterocycles. The molecule has 0 radical (unpaired) electrons. The van der Waals surface area contributed by atoms with Gasteiger partial charge in [0.1, 0.15) is 17.7 Å². The highest BCUT2D eigenvalue weighted by molar-refractivity contribution is 5.96. The highest BCUT2D eigenvalue weighted by Crippen LogP contribution is 2.45. The third-order valence-corrected chi connectivity index (χ3v) is 8.14. The van der Waals surface area contributed by atoms with Gasteiger partial charge in [-0.05, 0) is 67.0 Å². The van der Waals surface area contributed by atoms with Gasteiger partial charge in [-0.1, -0.05) is 38.1 Å². The van der Waals surface area contributed by atoms with E-state index in [0.717, 1.165) is 6.20 Å². The van der Waals surface area contributed by atoms with E-state index < -0.39 is 53.7 Å². The summed E-state index contributed by atoms with van der Waals surface area (Å²) in [4.78, 5) is 40.7. The Labute approximate surface area is 242 Å². The van der Waals surface area contributed by atoms with Gasteiger partial charge in [-0.2, -0.15) is 5.10 Å². The van der Waals surface area contributed by atoms with Crippen molar-refractivity contribution in [3.05, 3.63) is 92.4 Å². The second kappa shape index (κ2) is 11.6. The Morgan fingerprint density at radius 1 is 1.02 bits per heavy atom. The zero-order valence-corrected chi connectivity index (χ0v) is 24.0. The van der Waals surface area contributed by atoms with E-state index in [0.29, 0.717) is 35.1 Å². The molecule has 1 amide bonds. The van der Waals surface area contributed by atoms with Crippen molar-refractivity contribution >= 4 is 11.9 Å². The van der Waals surface area contributed by atoms with Gasteiger partial charge in [0.25, 0.3) is 5.91 Å². The van der Waals surface area contributed by atoms with E-state index in [2.05, 4.69) is 5.10 Å². The van der Waals surface area contributed by atoms with Gasteiger partial charge in [0.2, 0.25) is 18.0 Å². The first-order valence-corrected chi connectivity index (χ1v) is 14.0. The summed E-state index contributed by atoms with van der Waals surface area (Å²) in [6, 6.07) is 7.80. The minimum atomic E-state index is -0.889. The predicted octanol–water partition coefficient (Wildman–Crippen LogP) is 3.72. The first-order valence-electron chi connectivity index (χ1n) is 14.0. The van der Waals surface area contributed by atoms with Crippen molar-refractivity contribution in [3.8, 4) is 5.75 Å². The van der Waals surface area contributed by atoms with Crippen molar-refractivity contribution in [1.82, 2.24) is 14.7 Å². The summed E-state index contributed by atoms with van der Waals surface area (Å²) in [5, 5.41) is 4.36. The zero-order valence-electron chi connectivity index (χ0n) is 24.0. The SMILES string of the molecule is CC(C)C(N)C(=O)OCOc1c2n(ncc1=O)C(C1c3cccc(F)c3CCc3c(F)cccc31)CN(C(C)C)C2=O. The van der Waals surface area contributed by atoms with Gasteiger partial charge >= 0.3 is 5.97 Å². The minimum Gasteiger partial charge on any atom is -0.451 e. The summed E-state index contributed by atoms with van der Waals surface area (Å²) in [5.41, 5.74) is 7.30. The number of nitrogens with zero attached hydrogens (tertiary/aromatic N) is 3. The van der Waals surface area contributed by atoms with Crippen LogP contribution in [-0.2, 0) is 22.4 Å². The molecule has 1 aliphatic heterocycles. The van der Waals surface area contributed by atoms with Crippen molar-refractivity contribution in [3.63, 3.8) is 0 Å². The molecule has 5 rings (SSSR count). The molecular formula is C31H34F2N4O5. The average molecular weight is 581 g/mol. The fraction of sp³-hybridized carbons (Fsp3) is 0.419. The molecule has 0 saturated carbocycles. The molecule has 0 saturated heterocycles. The maximum atomic E-state index is 15.2. The molecule has 222 valence electrons. The minimum absolute atomic E-state index is 0.128. The van der Waals surface area contributed by atoms with Gasteiger partial charge in [-0.3, -0.25) is 19.1 Å². The topological polar surface area (TPSA) is 117 Å². The largest absolute Gasteiger partial charge is 0.451 e. The average Bonchev–Trinajstić information content (AvgIpc) is 3.12. The number of esters is 1. The van der Waals surface area contributed by atoms with Crippen LogP contribution in [0.3, 0.4) is 0 Å². The highest BCUT2D eigenvalue weighted by atomic mass is 19.1. The molecule has 2 aromatic carbocycles. The standard InChI is InChI=1S/C31H34F2N4O5/c1-16(2)27(34)31(40)42-15-41-29-25(38)13-35-37-24(14-36(17(3)4)30(39)28(29)37)26-20-7-5-9-22(32)18(20)11-12-19-21(26)8-6-10-23(19)33/h5-10,13,16-17,24,26-27H,11-12,14-15,34H2,1-4H3. The lowest BCUT2D eigenvalue weighted by Gasteiger charge is -2.41. The molecule has 2 atom stereocenters. The lowest BCUT2D eigenvalue weighted by molar-refractivity contribution is -0.152. The van der Waals surface area contributed by atoms with Crippen LogP contribution in [0.2, 0.25) is 0 Å². The van der Waals surface area contributed by atoms with E-state index >= 15 is 8.78 Å². The quantitative estimate of drug-likeness (QED) is 0.335. The van der Waals surface area contributed by atoms with Crippen LogP contribution in [0.5, 0.6) is 5.75 Å². The molecule has 2 heterocycles. The summed E-state index contributed by atoms with van der Waals surface area (Å²) in [6.07, 6.45) is 1.63. The van der Waals surface area contributed by atoms with Crippen molar-refractivity contribution in [2.75, 3.05) is 13.3 Å². The number of carbonyl (C=O) groups excluding carboxylic acids is 2. The molecule has 9 nitrogen and oxygen atoms in total. The molecular weight excluding hydrogens is 546 g/mol.